The van der Waals surface area contributed by atoms with Gasteiger partial charge in [0.1, 0.15) is 0 Å². The van der Waals surface area contributed by atoms with Crippen molar-refractivity contribution >= 4 is 17.5 Å². The van der Waals surface area contributed by atoms with Crippen LogP contribution in [0.25, 0.3) is 0 Å². The minimum absolute atomic E-state index is 0.0207. The second-order valence-corrected chi connectivity index (χ2v) is 6.91. The predicted molar refractivity (Wildman–Crippen MR) is 84.3 cm³/mol. The number of nitrogens with one attached hydrogen (secondary N) is 1. The molecule has 0 bridgehead atoms. The lowest BCUT2D eigenvalue weighted by Gasteiger charge is -2.23. The fraction of sp³-hybridized carbons (Fsp3) is 0.529. The Hall–Kier alpha value is -1.84. The molecule has 1 aliphatic rings. The van der Waals surface area contributed by atoms with Gasteiger partial charge >= 0.3 is 0 Å². The average Bonchev–Trinajstić information content (AvgIpc) is 2.73. The van der Waals surface area contributed by atoms with Gasteiger partial charge in [0.15, 0.2) is 0 Å². The molecule has 0 spiro atoms. The lowest BCUT2D eigenvalue weighted by atomic mass is 10.0. The summed E-state index contributed by atoms with van der Waals surface area (Å²) in [6.07, 6.45) is 0.287. The summed E-state index contributed by atoms with van der Waals surface area (Å²) in [5.74, 6) is -0.284. The molecule has 0 aromatic heterocycles. The van der Waals surface area contributed by atoms with Crippen molar-refractivity contribution in [2.24, 2.45) is 5.92 Å². The van der Waals surface area contributed by atoms with Crippen molar-refractivity contribution in [2.75, 3.05) is 11.4 Å². The van der Waals surface area contributed by atoms with Crippen LogP contribution in [0, 0.1) is 19.8 Å². The Morgan fingerprint density at radius 2 is 1.90 bits per heavy atom. The van der Waals surface area contributed by atoms with E-state index in [4.69, 9.17) is 0 Å². The van der Waals surface area contributed by atoms with E-state index in [1.165, 1.54) is 5.56 Å². The lowest BCUT2D eigenvalue weighted by Crippen LogP contribution is -2.44. The van der Waals surface area contributed by atoms with Gasteiger partial charge in [-0.25, -0.2) is 0 Å². The molecule has 1 heterocycles. The molecule has 1 atom stereocenters. The summed E-state index contributed by atoms with van der Waals surface area (Å²) < 4.78 is 0. The highest BCUT2D eigenvalue weighted by Crippen LogP contribution is 2.27. The smallest absolute Gasteiger partial charge is 0.227 e. The van der Waals surface area contributed by atoms with E-state index >= 15 is 0 Å². The number of anilines is 1. The van der Waals surface area contributed by atoms with Gasteiger partial charge in [-0.15, -0.1) is 0 Å². The van der Waals surface area contributed by atoms with Crippen LogP contribution in [0.4, 0.5) is 5.69 Å². The molecule has 1 fully saturated rings. The Bertz CT molecular complexity index is 573. The van der Waals surface area contributed by atoms with E-state index < -0.39 is 0 Å². The molecule has 4 nitrogen and oxygen atoms in total. The highest BCUT2D eigenvalue weighted by atomic mass is 16.2. The number of rotatable bonds is 2. The molecule has 0 saturated carbocycles. The summed E-state index contributed by atoms with van der Waals surface area (Å²) in [6.45, 7) is 10.4. The Labute approximate surface area is 126 Å². The third-order valence-electron chi connectivity index (χ3n) is 3.80. The van der Waals surface area contributed by atoms with Gasteiger partial charge in [-0.1, -0.05) is 6.07 Å². The zero-order chi connectivity index (χ0) is 15.8. The first-order chi connectivity index (χ1) is 9.67. The zero-order valence-corrected chi connectivity index (χ0v) is 13.5. The molecule has 1 saturated heterocycles. The standard InChI is InChI=1S/C17H24N2O2/c1-11-6-7-14(8-12(11)2)19-10-13(9-15(19)20)16(21)18-17(3,4)5/h6-8,13H,9-10H2,1-5H3,(H,18,21)/t13-/m0/s1. The quantitative estimate of drug-likeness (QED) is 0.909. The number of hydrogen-bond donors (Lipinski definition) is 1. The second kappa shape index (κ2) is 5.51. The van der Waals surface area contributed by atoms with Crippen LogP contribution in [-0.4, -0.2) is 23.9 Å². The SMILES string of the molecule is Cc1ccc(N2C[C@@H](C(=O)NC(C)(C)C)CC2=O)cc1C. The number of benzene rings is 1. The lowest BCUT2D eigenvalue weighted by molar-refractivity contribution is -0.127. The van der Waals surface area contributed by atoms with Gasteiger partial charge in [0, 0.05) is 24.2 Å². The molecule has 1 N–H and O–H groups in total. The largest absolute Gasteiger partial charge is 0.351 e. The topological polar surface area (TPSA) is 49.4 Å². The minimum Gasteiger partial charge on any atom is -0.351 e. The molecule has 0 unspecified atom stereocenters. The minimum atomic E-state index is -0.270. The summed E-state index contributed by atoms with van der Waals surface area (Å²) >= 11 is 0. The molecule has 1 aliphatic heterocycles. The fourth-order valence-corrected chi connectivity index (χ4v) is 2.50. The van der Waals surface area contributed by atoms with Crippen molar-refractivity contribution in [3.05, 3.63) is 29.3 Å². The van der Waals surface area contributed by atoms with Crippen molar-refractivity contribution in [1.29, 1.82) is 0 Å². The Morgan fingerprint density at radius 1 is 1.24 bits per heavy atom. The molecule has 2 amide bonds. The third kappa shape index (κ3) is 3.63. The molecular weight excluding hydrogens is 264 g/mol. The van der Waals surface area contributed by atoms with E-state index in [1.807, 2.05) is 52.8 Å². The highest BCUT2D eigenvalue weighted by molar-refractivity contribution is 6.00. The van der Waals surface area contributed by atoms with Gasteiger partial charge in [0.25, 0.3) is 0 Å². The van der Waals surface area contributed by atoms with Crippen LogP contribution in [0.2, 0.25) is 0 Å². The maximum absolute atomic E-state index is 12.2. The molecule has 0 aliphatic carbocycles. The van der Waals surface area contributed by atoms with Crippen molar-refractivity contribution in [2.45, 2.75) is 46.6 Å². The summed E-state index contributed by atoms with van der Waals surface area (Å²) in [5.41, 5.74) is 2.97. The first kappa shape index (κ1) is 15.5. The van der Waals surface area contributed by atoms with Crippen molar-refractivity contribution in [3.63, 3.8) is 0 Å². The molecule has 1 aromatic carbocycles. The van der Waals surface area contributed by atoms with Gasteiger partial charge in [-0.2, -0.15) is 0 Å². The van der Waals surface area contributed by atoms with Gasteiger partial charge in [0.05, 0.1) is 5.92 Å². The normalized spacial score (nSPS) is 19.0. The first-order valence-electron chi connectivity index (χ1n) is 7.37. The number of carbonyl (C=O) groups is 2. The van der Waals surface area contributed by atoms with E-state index in [1.54, 1.807) is 4.90 Å². The van der Waals surface area contributed by atoms with Crippen LogP contribution < -0.4 is 10.2 Å². The van der Waals surface area contributed by atoms with E-state index in [-0.39, 0.29) is 29.7 Å². The van der Waals surface area contributed by atoms with E-state index in [0.717, 1.165) is 11.3 Å². The molecule has 4 heteroatoms. The number of aryl methyl sites for hydroxylation is 2. The zero-order valence-electron chi connectivity index (χ0n) is 13.5. The van der Waals surface area contributed by atoms with Crippen LogP contribution in [0.1, 0.15) is 38.3 Å². The van der Waals surface area contributed by atoms with Gasteiger partial charge in [-0.05, 0) is 57.9 Å². The summed E-state index contributed by atoms with van der Waals surface area (Å²) in [7, 11) is 0. The maximum atomic E-state index is 12.2. The van der Waals surface area contributed by atoms with E-state index in [2.05, 4.69) is 5.32 Å². The van der Waals surface area contributed by atoms with Crippen LogP contribution in [0.3, 0.4) is 0 Å². The van der Waals surface area contributed by atoms with Crippen molar-refractivity contribution in [1.82, 2.24) is 5.32 Å². The molecule has 114 valence electrons. The Morgan fingerprint density at radius 3 is 2.48 bits per heavy atom. The summed E-state index contributed by atoms with van der Waals surface area (Å²) in [4.78, 5) is 26.1. The number of carbonyl (C=O) groups excluding carboxylic acids is 2. The Balaban J connectivity index is 2.12. The van der Waals surface area contributed by atoms with Gasteiger partial charge in [-0.3, -0.25) is 9.59 Å². The van der Waals surface area contributed by atoms with Crippen LogP contribution in [0.15, 0.2) is 18.2 Å². The fourth-order valence-electron chi connectivity index (χ4n) is 2.50. The number of nitrogens with zero attached hydrogens (tertiary/aromatic N) is 1. The third-order valence-corrected chi connectivity index (χ3v) is 3.80. The Kier molecular flexibility index (Phi) is 4.08. The maximum Gasteiger partial charge on any atom is 0.227 e. The molecule has 1 aromatic rings. The monoisotopic (exact) mass is 288 g/mol. The average molecular weight is 288 g/mol. The number of hydrogen-bond acceptors (Lipinski definition) is 2. The van der Waals surface area contributed by atoms with Crippen molar-refractivity contribution in [3.8, 4) is 0 Å². The summed E-state index contributed by atoms with van der Waals surface area (Å²) in [5, 5.41) is 2.96. The first-order valence-corrected chi connectivity index (χ1v) is 7.37. The van der Waals surface area contributed by atoms with Crippen molar-refractivity contribution < 1.29 is 9.59 Å². The van der Waals surface area contributed by atoms with Crippen LogP contribution in [-0.2, 0) is 9.59 Å². The molecular formula is C17H24N2O2. The number of amides is 2. The summed E-state index contributed by atoms with van der Waals surface area (Å²) in [6, 6.07) is 5.97. The highest BCUT2D eigenvalue weighted by Gasteiger charge is 2.36. The molecule has 0 radical (unpaired) electrons. The van der Waals surface area contributed by atoms with Gasteiger partial charge in [0.2, 0.25) is 11.8 Å². The van der Waals surface area contributed by atoms with E-state index in [0.29, 0.717) is 6.54 Å². The van der Waals surface area contributed by atoms with E-state index in [9.17, 15) is 9.59 Å². The van der Waals surface area contributed by atoms with Gasteiger partial charge < -0.3 is 10.2 Å². The molecule has 2 rings (SSSR count). The molecule has 21 heavy (non-hydrogen) atoms. The van der Waals surface area contributed by atoms with Crippen LogP contribution in [0.5, 0.6) is 0 Å². The predicted octanol–water partition coefficient (Wildman–Crippen LogP) is 2.57. The second-order valence-electron chi connectivity index (χ2n) is 6.91. The van der Waals surface area contributed by atoms with Crippen LogP contribution >= 0.6 is 0 Å².